The van der Waals surface area contributed by atoms with Gasteiger partial charge < -0.3 is 5.32 Å². The Morgan fingerprint density at radius 1 is 1.33 bits per heavy atom. The summed E-state index contributed by atoms with van der Waals surface area (Å²) in [4.78, 5) is 13.7. The van der Waals surface area contributed by atoms with E-state index in [1.165, 1.54) is 0 Å². The molecule has 1 unspecified atom stereocenters. The maximum atomic E-state index is 11.3. The maximum absolute atomic E-state index is 11.3. The second-order valence-corrected chi connectivity index (χ2v) is 3.77. The Morgan fingerprint density at radius 3 is 2.20 bits per heavy atom. The van der Waals surface area contributed by atoms with Gasteiger partial charge in [-0.25, -0.2) is 0 Å². The first kappa shape index (κ1) is 14.2. The lowest BCUT2D eigenvalue weighted by atomic mass is 10.2. The largest absolute Gasteiger partial charge is 0.351 e. The van der Waals surface area contributed by atoms with Crippen molar-refractivity contribution in [2.75, 3.05) is 19.6 Å². The molecule has 0 rings (SSSR count). The van der Waals surface area contributed by atoms with Gasteiger partial charge in [-0.2, -0.15) is 0 Å². The van der Waals surface area contributed by atoms with Crippen LogP contribution in [0.15, 0.2) is 12.2 Å². The summed E-state index contributed by atoms with van der Waals surface area (Å²) in [5.74, 6) is -0.0411. The number of carbonyl (C=O) groups is 1. The second kappa shape index (κ2) is 7.46. The van der Waals surface area contributed by atoms with Crippen LogP contribution in [0.2, 0.25) is 0 Å². The maximum Gasteiger partial charge on any atom is 0.246 e. The summed E-state index contributed by atoms with van der Waals surface area (Å²) >= 11 is 0. The first-order valence-corrected chi connectivity index (χ1v) is 5.74. The predicted molar refractivity (Wildman–Crippen MR) is 64.8 cm³/mol. The van der Waals surface area contributed by atoms with Crippen LogP contribution < -0.4 is 5.32 Å². The smallest absolute Gasteiger partial charge is 0.246 e. The van der Waals surface area contributed by atoms with Crippen molar-refractivity contribution >= 4 is 5.91 Å². The van der Waals surface area contributed by atoms with E-state index in [-0.39, 0.29) is 5.91 Å². The zero-order chi connectivity index (χ0) is 11.8. The fourth-order valence-corrected chi connectivity index (χ4v) is 1.63. The third-order valence-corrected chi connectivity index (χ3v) is 2.69. The molecular formula is C12H24N2O. The fourth-order valence-electron chi connectivity index (χ4n) is 1.63. The number of hydrogen-bond acceptors (Lipinski definition) is 2. The van der Waals surface area contributed by atoms with Crippen molar-refractivity contribution in [2.45, 2.75) is 40.2 Å². The van der Waals surface area contributed by atoms with E-state index < -0.39 is 0 Å². The number of likely N-dealkylation sites (N-methyl/N-ethyl adjacent to an activating group) is 1. The van der Waals surface area contributed by atoms with Gasteiger partial charge in [0.1, 0.15) is 0 Å². The number of nitrogens with zero attached hydrogens (tertiary/aromatic N) is 1. The van der Waals surface area contributed by atoms with Gasteiger partial charge in [0, 0.05) is 18.2 Å². The van der Waals surface area contributed by atoms with E-state index in [0.717, 1.165) is 19.5 Å². The highest BCUT2D eigenvalue weighted by Gasteiger charge is 2.14. The molecular weight excluding hydrogens is 188 g/mol. The molecule has 15 heavy (non-hydrogen) atoms. The van der Waals surface area contributed by atoms with Crippen LogP contribution in [0.5, 0.6) is 0 Å². The topological polar surface area (TPSA) is 32.3 Å². The number of carbonyl (C=O) groups excluding carboxylic acids is 1. The molecule has 0 aliphatic heterocycles. The molecule has 1 amide bonds. The van der Waals surface area contributed by atoms with E-state index in [2.05, 4.69) is 37.6 Å². The van der Waals surface area contributed by atoms with Crippen LogP contribution in [-0.4, -0.2) is 36.5 Å². The zero-order valence-corrected chi connectivity index (χ0v) is 10.5. The van der Waals surface area contributed by atoms with E-state index in [1.807, 2.05) is 0 Å². The molecule has 0 spiro atoms. The number of hydrogen-bond donors (Lipinski definition) is 1. The van der Waals surface area contributed by atoms with E-state index in [4.69, 9.17) is 0 Å². The van der Waals surface area contributed by atoms with Crippen LogP contribution in [0.1, 0.15) is 34.1 Å². The summed E-state index contributed by atoms with van der Waals surface area (Å²) < 4.78 is 0. The van der Waals surface area contributed by atoms with Gasteiger partial charge in [-0.15, -0.1) is 0 Å². The highest BCUT2D eigenvalue weighted by molar-refractivity contribution is 5.92. The molecule has 3 nitrogen and oxygen atoms in total. The van der Waals surface area contributed by atoms with E-state index >= 15 is 0 Å². The van der Waals surface area contributed by atoms with Gasteiger partial charge in [-0.1, -0.05) is 27.4 Å². The van der Waals surface area contributed by atoms with Crippen LogP contribution in [0.4, 0.5) is 0 Å². The highest BCUT2D eigenvalue weighted by atomic mass is 16.1. The van der Waals surface area contributed by atoms with Gasteiger partial charge in [0.15, 0.2) is 0 Å². The Hall–Kier alpha value is -0.830. The summed E-state index contributed by atoms with van der Waals surface area (Å²) in [5.41, 5.74) is 0.574. The molecule has 0 aliphatic carbocycles. The van der Waals surface area contributed by atoms with Crippen molar-refractivity contribution in [1.82, 2.24) is 10.2 Å². The first-order valence-electron chi connectivity index (χ1n) is 5.74. The summed E-state index contributed by atoms with van der Waals surface area (Å²) in [7, 11) is 0. The minimum Gasteiger partial charge on any atom is -0.351 e. The second-order valence-electron chi connectivity index (χ2n) is 3.77. The molecule has 0 aromatic carbocycles. The average Bonchev–Trinajstić information content (AvgIpc) is 2.23. The number of amides is 1. The minimum absolute atomic E-state index is 0.0411. The Bertz CT molecular complexity index is 210. The molecule has 0 saturated heterocycles. The van der Waals surface area contributed by atoms with Crippen molar-refractivity contribution in [3.8, 4) is 0 Å². The molecule has 0 fully saturated rings. The molecule has 0 heterocycles. The number of rotatable bonds is 7. The molecule has 0 aromatic rings. The van der Waals surface area contributed by atoms with Crippen LogP contribution in [0, 0.1) is 0 Å². The lowest BCUT2D eigenvalue weighted by Crippen LogP contribution is -2.43. The average molecular weight is 212 g/mol. The molecule has 0 bridgehead atoms. The monoisotopic (exact) mass is 212 g/mol. The first-order chi connectivity index (χ1) is 7.06. The molecule has 88 valence electrons. The SMILES string of the molecule is C=C(C)C(=O)NCC(CC)N(CC)CC. The summed E-state index contributed by atoms with van der Waals surface area (Å²) in [5, 5.41) is 2.90. The molecule has 0 saturated carbocycles. The molecule has 0 radical (unpaired) electrons. The van der Waals surface area contributed by atoms with Crippen molar-refractivity contribution in [2.24, 2.45) is 0 Å². The van der Waals surface area contributed by atoms with Crippen LogP contribution >= 0.6 is 0 Å². The molecule has 0 aromatic heterocycles. The van der Waals surface area contributed by atoms with Gasteiger partial charge in [0.25, 0.3) is 0 Å². The van der Waals surface area contributed by atoms with Crippen molar-refractivity contribution in [3.63, 3.8) is 0 Å². The highest BCUT2D eigenvalue weighted by Crippen LogP contribution is 2.02. The van der Waals surface area contributed by atoms with E-state index in [1.54, 1.807) is 6.92 Å². The zero-order valence-electron chi connectivity index (χ0n) is 10.5. The standard InChI is InChI=1S/C12H24N2O/c1-6-11(14(7-2)8-3)9-13-12(15)10(4)5/h11H,4,6-9H2,1-3,5H3,(H,13,15). The van der Waals surface area contributed by atoms with Crippen molar-refractivity contribution in [3.05, 3.63) is 12.2 Å². The van der Waals surface area contributed by atoms with Gasteiger partial charge in [0.05, 0.1) is 0 Å². The molecule has 1 N–H and O–H groups in total. The molecule has 1 atom stereocenters. The lowest BCUT2D eigenvalue weighted by molar-refractivity contribution is -0.117. The van der Waals surface area contributed by atoms with Crippen LogP contribution in [-0.2, 0) is 4.79 Å². The van der Waals surface area contributed by atoms with E-state index in [9.17, 15) is 4.79 Å². The summed E-state index contributed by atoms with van der Waals surface area (Å²) in [6.45, 7) is 14.6. The predicted octanol–water partition coefficient (Wildman–Crippen LogP) is 1.80. The van der Waals surface area contributed by atoms with Crippen molar-refractivity contribution < 1.29 is 4.79 Å². The molecule has 0 aliphatic rings. The third-order valence-electron chi connectivity index (χ3n) is 2.69. The third kappa shape index (κ3) is 4.98. The normalized spacial score (nSPS) is 12.6. The van der Waals surface area contributed by atoms with Gasteiger partial charge in [-0.05, 0) is 26.4 Å². The van der Waals surface area contributed by atoms with Crippen LogP contribution in [0.25, 0.3) is 0 Å². The lowest BCUT2D eigenvalue weighted by Gasteiger charge is -2.28. The Balaban J connectivity index is 4.10. The van der Waals surface area contributed by atoms with Crippen LogP contribution in [0.3, 0.4) is 0 Å². The van der Waals surface area contributed by atoms with Crippen molar-refractivity contribution in [1.29, 1.82) is 0 Å². The van der Waals surface area contributed by atoms with E-state index in [0.29, 0.717) is 18.2 Å². The molecule has 3 heteroatoms. The van der Waals surface area contributed by atoms with Gasteiger partial charge >= 0.3 is 0 Å². The quantitative estimate of drug-likeness (QED) is 0.653. The minimum atomic E-state index is -0.0411. The Labute approximate surface area is 93.5 Å². The Kier molecular flexibility index (Phi) is 7.05. The van der Waals surface area contributed by atoms with Gasteiger partial charge in [0.2, 0.25) is 5.91 Å². The Morgan fingerprint density at radius 2 is 1.87 bits per heavy atom. The fraction of sp³-hybridized carbons (Fsp3) is 0.750. The number of nitrogens with one attached hydrogen (secondary N) is 1. The summed E-state index contributed by atoms with van der Waals surface area (Å²) in [6.07, 6.45) is 1.05. The summed E-state index contributed by atoms with van der Waals surface area (Å²) in [6, 6.07) is 0.434. The van der Waals surface area contributed by atoms with Gasteiger partial charge in [-0.3, -0.25) is 9.69 Å².